The van der Waals surface area contributed by atoms with Gasteiger partial charge in [0, 0.05) is 38.6 Å². The molecule has 1 saturated heterocycles. The van der Waals surface area contributed by atoms with E-state index in [1.54, 1.807) is 23.4 Å². The van der Waals surface area contributed by atoms with E-state index in [0.717, 1.165) is 0 Å². The van der Waals surface area contributed by atoms with E-state index >= 15 is 0 Å². The van der Waals surface area contributed by atoms with Crippen LogP contribution in [0.1, 0.15) is 10.5 Å². The second-order valence-corrected chi connectivity index (χ2v) is 4.66. The number of aromatic nitrogens is 4. The zero-order valence-corrected chi connectivity index (χ0v) is 11.4. The van der Waals surface area contributed by atoms with Crippen LogP contribution >= 0.6 is 0 Å². The van der Waals surface area contributed by atoms with Gasteiger partial charge in [-0.15, -0.1) is 0 Å². The van der Waals surface area contributed by atoms with Gasteiger partial charge in [-0.3, -0.25) is 9.78 Å². The van der Waals surface area contributed by atoms with Crippen molar-refractivity contribution in [2.24, 2.45) is 0 Å². The predicted molar refractivity (Wildman–Crippen MR) is 76.6 cm³/mol. The summed E-state index contributed by atoms with van der Waals surface area (Å²) < 4.78 is 0. The van der Waals surface area contributed by atoms with Gasteiger partial charge < -0.3 is 15.5 Å². The van der Waals surface area contributed by atoms with Crippen LogP contribution < -0.4 is 10.6 Å². The van der Waals surface area contributed by atoms with Gasteiger partial charge in [0.1, 0.15) is 11.5 Å². The molecule has 2 aromatic heterocycles. The van der Waals surface area contributed by atoms with E-state index < -0.39 is 0 Å². The molecule has 0 spiro atoms. The lowest BCUT2D eigenvalue weighted by atomic mass is 10.3. The Hall–Kier alpha value is -2.77. The molecule has 8 nitrogen and oxygen atoms in total. The molecule has 1 aliphatic heterocycles. The quantitative estimate of drug-likeness (QED) is 0.816. The maximum absolute atomic E-state index is 12.3. The summed E-state index contributed by atoms with van der Waals surface area (Å²) >= 11 is 0. The van der Waals surface area contributed by atoms with Crippen molar-refractivity contribution in [3.63, 3.8) is 0 Å². The highest BCUT2D eigenvalue weighted by Crippen LogP contribution is 2.11. The molecule has 0 bridgehead atoms. The third-order valence-corrected chi connectivity index (χ3v) is 3.27. The van der Waals surface area contributed by atoms with Crippen LogP contribution in [-0.2, 0) is 0 Å². The Labute approximate surface area is 121 Å². The molecule has 1 amide bonds. The zero-order valence-electron chi connectivity index (χ0n) is 11.4. The number of hydrogen-bond donors (Lipinski definition) is 1. The number of nitrogens with zero attached hydrogens (tertiary/aromatic N) is 6. The average molecular weight is 285 g/mol. The smallest absolute Gasteiger partial charge is 0.274 e. The summed E-state index contributed by atoms with van der Waals surface area (Å²) in [6, 6.07) is 1.78. The highest BCUT2D eigenvalue weighted by Gasteiger charge is 2.24. The summed E-state index contributed by atoms with van der Waals surface area (Å²) in [6.45, 7) is 2.55. The van der Waals surface area contributed by atoms with E-state index in [9.17, 15) is 4.79 Å². The predicted octanol–water partition coefficient (Wildman–Crippen LogP) is -0.189. The molecule has 0 atom stereocenters. The molecule has 1 fully saturated rings. The van der Waals surface area contributed by atoms with Crippen LogP contribution in [-0.4, -0.2) is 56.9 Å². The number of carbonyl (C=O) groups is 1. The minimum Gasteiger partial charge on any atom is -0.382 e. The molecule has 0 saturated carbocycles. The summed E-state index contributed by atoms with van der Waals surface area (Å²) in [5.41, 5.74) is 5.83. The molecule has 2 aromatic rings. The van der Waals surface area contributed by atoms with Gasteiger partial charge in [0.2, 0.25) is 5.95 Å². The Morgan fingerprint density at radius 2 is 1.81 bits per heavy atom. The Morgan fingerprint density at radius 1 is 1.10 bits per heavy atom. The van der Waals surface area contributed by atoms with Crippen LogP contribution in [0.5, 0.6) is 0 Å². The first-order chi connectivity index (χ1) is 10.2. The van der Waals surface area contributed by atoms with Crippen LogP contribution in [0, 0.1) is 0 Å². The first-order valence-electron chi connectivity index (χ1n) is 6.63. The number of nitrogens with two attached hydrogens (primary N) is 1. The van der Waals surface area contributed by atoms with Crippen molar-refractivity contribution in [2.75, 3.05) is 36.8 Å². The van der Waals surface area contributed by atoms with Crippen LogP contribution in [0.25, 0.3) is 0 Å². The van der Waals surface area contributed by atoms with Gasteiger partial charge in [0.05, 0.1) is 12.4 Å². The maximum atomic E-state index is 12.3. The van der Waals surface area contributed by atoms with Crippen molar-refractivity contribution in [3.05, 3.63) is 36.5 Å². The fraction of sp³-hybridized carbons (Fsp3) is 0.308. The normalized spacial score (nSPS) is 15.0. The number of anilines is 2. The van der Waals surface area contributed by atoms with Gasteiger partial charge in [0.25, 0.3) is 5.91 Å². The van der Waals surface area contributed by atoms with E-state index in [2.05, 4.69) is 24.8 Å². The molecule has 0 radical (unpaired) electrons. The first-order valence-corrected chi connectivity index (χ1v) is 6.63. The molecule has 108 valence electrons. The number of rotatable bonds is 2. The number of hydrogen-bond acceptors (Lipinski definition) is 7. The molecule has 3 heterocycles. The van der Waals surface area contributed by atoms with E-state index in [1.807, 2.05) is 0 Å². The fourth-order valence-corrected chi connectivity index (χ4v) is 2.21. The van der Waals surface area contributed by atoms with Crippen molar-refractivity contribution in [1.29, 1.82) is 0 Å². The number of carbonyl (C=O) groups excluding carboxylic acids is 1. The Bertz CT molecular complexity index is 625. The van der Waals surface area contributed by atoms with Gasteiger partial charge in [-0.05, 0) is 6.07 Å². The Morgan fingerprint density at radius 3 is 2.48 bits per heavy atom. The van der Waals surface area contributed by atoms with E-state index in [-0.39, 0.29) is 17.4 Å². The Kier molecular flexibility index (Phi) is 3.59. The molecule has 21 heavy (non-hydrogen) atoms. The van der Waals surface area contributed by atoms with Gasteiger partial charge in [-0.25, -0.2) is 15.0 Å². The highest BCUT2D eigenvalue weighted by atomic mass is 16.2. The molecular weight excluding hydrogens is 270 g/mol. The number of amides is 1. The zero-order chi connectivity index (χ0) is 14.7. The highest BCUT2D eigenvalue weighted by molar-refractivity contribution is 5.92. The topological polar surface area (TPSA) is 101 Å². The lowest BCUT2D eigenvalue weighted by Crippen LogP contribution is -2.49. The van der Waals surface area contributed by atoms with Gasteiger partial charge in [-0.2, -0.15) is 0 Å². The monoisotopic (exact) mass is 285 g/mol. The summed E-state index contributed by atoms with van der Waals surface area (Å²) in [5, 5.41) is 0. The largest absolute Gasteiger partial charge is 0.382 e. The minimum atomic E-state index is -0.150. The van der Waals surface area contributed by atoms with E-state index in [0.29, 0.717) is 32.1 Å². The first kappa shape index (κ1) is 13.2. The fourth-order valence-electron chi connectivity index (χ4n) is 2.21. The second-order valence-electron chi connectivity index (χ2n) is 4.66. The van der Waals surface area contributed by atoms with Gasteiger partial charge >= 0.3 is 0 Å². The molecule has 2 N–H and O–H groups in total. The summed E-state index contributed by atoms with van der Waals surface area (Å²) in [4.78, 5) is 32.4. The third-order valence-electron chi connectivity index (χ3n) is 3.27. The molecule has 0 aromatic carbocycles. The van der Waals surface area contributed by atoms with Crippen LogP contribution in [0.2, 0.25) is 0 Å². The molecule has 3 rings (SSSR count). The number of nitrogen functional groups attached to an aromatic ring is 1. The van der Waals surface area contributed by atoms with Crippen molar-refractivity contribution in [1.82, 2.24) is 24.8 Å². The van der Waals surface area contributed by atoms with Crippen molar-refractivity contribution < 1.29 is 4.79 Å². The molecular formula is C13H15N7O. The SMILES string of the molecule is Nc1cncc(C(=O)N2CCN(c3ncccn3)CC2)n1. The Balaban J connectivity index is 1.64. The average Bonchev–Trinajstić information content (AvgIpc) is 2.55. The second kappa shape index (κ2) is 5.70. The third kappa shape index (κ3) is 2.88. The summed E-state index contributed by atoms with van der Waals surface area (Å²) in [5.74, 6) is 0.786. The van der Waals surface area contributed by atoms with Crippen LogP contribution in [0.4, 0.5) is 11.8 Å². The van der Waals surface area contributed by atoms with E-state index in [1.165, 1.54) is 12.4 Å². The van der Waals surface area contributed by atoms with Gasteiger partial charge in [-0.1, -0.05) is 0 Å². The van der Waals surface area contributed by atoms with Crippen molar-refractivity contribution in [3.8, 4) is 0 Å². The summed E-state index contributed by atoms with van der Waals surface area (Å²) in [6.07, 6.45) is 6.28. The standard InChI is InChI=1S/C13H15N7O/c14-11-9-15-8-10(18-11)12(21)19-4-6-20(7-5-19)13-16-2-1-3-17-13/h1-3,8-9H,4-7H2,(H2,14,18). The molecule has 1 aliphatic rings. The van der Waals surface area contributed by atoms with Crippen molar-refractivity contribution >= 4 is 17.7 Å². The summed E-state index contributed by atoms with van der Waals surface area (Å²) in [7, 11) is 0. The lowest BCUT2D eigenvalue weighted by molar-refractivity contribution is 0.0740. The van der Waals surface area contributed by atoms with Crippen LogP contribution in [0.3, 0.4) is 0 Å². The van der Waals surface area contributed by atoms with E-state index in [4.69, 9.17) is 5.73 Å². The number of piperazine rings is 1. The van der Waals surface area contributed by atoms with Crippen LogP contribution in [0.15, 0.2) is 30.9 Å². The lowest BCUT2D eigenvalue weighted by Gasteiger charge is -2.34. The maximum Gasteiger partial charge on any atom is 0.274 e. The minimum absolute atomic E-state index is 0.150. The van der Waals surface area contributed by atoms with Crippen molar-refractivity contribution in [2.45, 2.75) is 0 Å². The molecule has 0 unspecified atom stereocenters. The molecule has 8 heteroatoms. The molecule has 0 aliphatic carbocycles. The van der Waals surface area contributed by atoms with Gasteiger partial charge in [0.15, 0.2) is 0 Å².